The van der Waals surface area contributed by atoms with Gasteiger partial charge in [-0.2, -0.15) is 0 Å². The van der Waals surface area contributed by atoms with Gasteiger partial charge in [0, 0.05) is 34.6 Å². The highest BCUT2D eigenvalue weighted by Crippen LogP contribution is 2.37. The molecule has 23 heavy (non-hydrogen) atoms. The zero-order valence-electron chi connectivity index (χ0n) is 13.3. The van der Waals surface area contributed by atoms with Crippen molar-refractivity contribution < 1.29 is 14.3 Å². The molecule has 0 saturated carbocycles. The van der Waals surface area contributed by atoms with Crippen molar-refractivity contribution in [2.75, 3.05) is 13.7 Å². The molecule has 0 saturated heterocycles. The molecule has 5 nitrogen and oxygen atoms in total. The number of hydrogen-bond donors (Lipinski definition) is 0. The molecule has 0 amide bonds. The molecule has 3 aromatic rings. The van der Waals surface area contributed by atoms with E-state index in [0.717, 1.165) is 52.5 Å². The van der Waals surface area contributed by atoms with Gasteiger partial charge in [-0.1, -0.05) is 0 Å². The molecule has 1 aliphatic heterocycles. The van der Waals surface area contributed by atoms with Crippen LogP contribution in [0.1, 0.15) is 29.4 Å². The van der Waals surface area contributed by atoms with Crippen LogP contribution >= 0.6 is 0 Å². The molecule has 0 N–H and O–H groups in total. The molecule has 4 rings (SSSR count). The fourth-order valence-electron chi connectivity index (χ4n) is 3.52. The van der Waals surface area contributed by atoms with Gasteiger partial charge in [0.15, 0.2) is 5.69 Å². The standard InChI is InChI=1S/C18H18N2O3/c1-3-23-18(21)16-12-5-4-8-20-15-7-6-11(22-2)9-13(15)14(10-19-16)17(12)20/h6-7,9-10H,3-5,8H2,1-2H3. The smallest absolute Gasteiger partial charge is 0.357 e. The fraction of sp³-hybridized carbons (Fsp3) is 0.333. The molecule has 3 heterocycles. The van der Waals surface area contributed by atoms with Crippen LogP contribution in [0.2, 0.25) is 0 Å². The van der Waals surface area contributed by atoms with Gasteiger partial charge in [-0.3, -0.25) is 0 Å². The lowest BCUT2D eigenvalue weighted by molar-refractivity contribution is 0.0518. The van der Waals surface area contributed by atoms with Crippen LogP contribution in [0.25, 0.3) is 21.8 Å². The van der Waals surface area contributed by atoms with E-state index in [4.69, 9.17) is 9.47 Å². The minimum atomic E-state index is -0.333. The molecule has 1 aliphatic rings. The lowest BCUT2D eigenvalue weighted by atomic mass is 10.0. The Morgan fingerprint density at radius 3 is 3.00 bits per heavy atom. The summed E-state index contributed by atoms with van der Waals surface area (Å²) >= 11 is 0. The van der Waals surface area contributed by atoms with E-state index < -0.39 is 0 Å². The molecule has 0 aliphatic carbocycles. The molecule has 118 valence electrons. The van der Waals surface area contributed by atoms with E-state index in [0.29, 0.717) is 12.3 Å². The number of nitrogens with zero attached hydrogens (tertiary/aromatic N) is 2. The number of aryl methyl sites for hydroxylation is 2. The van der Waals surface area contributed by atoms with Crippen LogP contribution in [0.4, 0.5) is 0 Å². The van der Waals surface area contributed by atoms with Crippen LogP contribution in [0.15, 0.2) is 24.4 Å². The predicted octanol–water partition coefficient (Wildman–Crippen LogP) is 3.32. The summed E-state index contributed by atoms with van der Waals surface area (Å²) in [4.78, 5) is 16.6. The van der Waals surface area contributed by atoms with Crippen LogP contribution in [-0.2, 0) is 17.7 Å². The number of hydrogen-bond acceptors (Lipinski definition) is 4. The maximum absolute atomic E-state index is 12.2. The van der Waals surface area contributed by atoms with Gasteiger partial charge in [-0.25, -0.2) is 9.78 Å². The largest absolute Gasteiger partial charge is 0.497 e. The minimum absolute atomic E-state index is 0.333. The molecular weight excluding hydrogens is 292 g/mol. The van der Waals surface area contributed by atoms with Crippen molar-refractivity contribution in [1.82, 2.24) is 9.55 Å². The quantitative estimate of drug-likeness (QED) is 0.696. The molecule has 5 heteroatoms. The van der Waals surface area contributed by atoms with Crippen molar-refractivity contribution in [2.45, 2.75) is 26.3 Å². The Morgan fingerprint density at radius 1 is 1.35 bits per heavy atom. The number of carbonyl (C=O) groups excluding carboxylic acids is 1. The van der Waals surface area contributed by atoms with E-state index in [1.165, 1.54) is 0 Å². The maximum atomic E-state index is 12.2. The highest BCUT2D eigenvalue weighted by atomic mass is 16.5. The summed E-state index contributed by atoms with van der Waals surface area (Å²) < 4.78 is 12.8. The minimum Gasteiger partial charge on any atom is -0.497 e. The van der Waals surface area contributed by atoms with Crippen LogP contribution in [-0.4, -0.2) is 29.2 Å². The van der Waals surface area contributed by atoms with Crippen molar-refractivity contribution in [1.29, 1.82) is 0 Å². The Morgan fingerprint density at radius 2 is 2.22 bits per heavy atom. The van der Waals surface area contributed by atoms with Gasteiger partial charge in [0.2, 0.25) is 0 Å². The Balaban J connectivity index is 2.05. The molecular formula is C18H18N2O3. The van der Waals surface area contributed by atoms with Crippen molar-refractivity contribution in [3.8, 4) is 5.75 Å². The van der Waals surface area contributed by atoms with Gasteiger partial charge < -0.3 is 14.0 Å². The second-order valence-electron chi connectivity index (χ2n) is 5.71. The lowest BCUT2D eigenvalue weighted by Crippen LogP contribution is -2.15. The van der Waals surface area contributed by atoms with E-state index in [-0.39, 0.29) is 5.97 Å². The number of methoxy groups -OCH3 is 1. The van der Waals surface area contributed by atoms with Gasteiger partial charge in [-0.05, 0) is 38.0 Å². The zero-order valence-corrected chi connectivity index (χ0v) is 13.3. The number of benzene rings is 1. The number of ether oxygens (including phenoxy) is 2. The van der Waals surface area contributed by atoms with E-state index in [1.54, 1.807) is 13.3 Å². The first-order valence-corrected chi connectivity index (χ1v) is 7.89. The molecule has 0 bridgehead atoms. The third kappa shape index (κ3) is 2.00. The second kappa shape index (κ2) is 5.26. The Kier molecular flexibility index (Phi) is 3.22. The first kappa shape index (κ1) is 14.1. The van der Waals surface area contributed by atoms with E-state index in [1.807, 2.05) is 19.1 Å². The normalized spacial score (nSPS) is 13.5. The predicted molar refractivity (Wildman–Crippen MR) is 88.1 cm³/mol. The van der Waals surface area contributed by atoms with Crippen molar-refractivity contribution in [3.05, 3.63) is 35.7 Å². The Labute approximate surface area is 133 Å². The van der Waals surface area contributed by atoms with E-state index >= 15 is 0 Å². The molecule has 0 spiro atoms. The Hall–Kier alpha value is -2.56. The summed E-state index contributed by atoms with van der Waals surface area (Å²) in [6.07, 6.45) is 3.64. The van der Waals surface area contributed by atoms with Gasteiger partial charge in [0.1, 0.15) is 5.75 Å². The van der Waals surface area contributed by atoms with Crippen LogP contribution < -0.4 is 4.74 Å². The summed E-state index contributed by atoms with van der Waals surface area (Å²) in [7, 11) is 1.67. The number of carbonyl (C=O) groups is 1. The summed E-state index contributed by atoms with van der Waals surface area (Å²) in [5, 5.41) is 2.19. The number of aromatic nitrogens is 2. The third-order valence-corrected chi connectivity index (χ3v) is 4.48. The van der Waals surface area contributed by atoms with Crippen LogP contribution in [0, 0.1) is 0 Å². The van der Waals surface area contributed by atoms with Crippen molar-refractivity contribution in [3.63, 3.8) is 0 Å². The molecule has 0 fully saturated rings. The molecule has 0 atom stereocenters. The van der Waals surface area contributed by atoms with Crippen molar-refractivity contribution in [2.24, 2.45) is 0 Å². The van der Waals surface area contributed by atoms with Gasteiger partial charge in [0.05, 0.1) is 19.2 Å². The number of esters is 1. The highest BCUT2D eigenvalue weighted by molar-refractivity contribution is 6.11. The molecule has 2 aromatic heterocycles. The summed E-state index contributed by atoms with van der Waals surface area (Å²) in [6, 6.07) is 6.08. The number of pyridine rings is 1. The van der Waals surface area contributed by atoms with Gasteiger partial charge in [0.25, 0.3) is 0 Å². The molecule has 1 aromatic carbocycles. The topological polar surface area (TPSA) is 53.4 Å². The van der Waals surface area contributed by atoms with Gasteiger partial charge >= 0.3 is 5.97 Å². The van der Waals surface area contributed by atoms with Crippen molar-refractivity contribution >= 4 is 27.8 Å². The summed E-state index contributed by atoms with van der Waals surface area (Å²) in [6.45, 7) is 3.12. The average molecular weight is 310 g/mol. The maximum Gasteiger partial charge on any atom is 0.357 e. The second-order valence-corrected chi connectivity index (χ2v) is 5.71. The zero-order chi connectivity index (χ0) is 16.0. The number of fused-ring (bicyclic) bond motifs is 3. The highest BCUT2D eigenvalue weighted by Gasteiger charge is 2.24. The summed E-state index contributed by atoms with van der Waals surface area (Å²) in [5.74, 6) is 0.493. The monoisotopic (exact) mass is 310 g/mol. The lowest BCUT2D eigenvalue weighted by Gasteiger charge is -2.18. The average Bonchev–Trinajstić information content (AvgIpc) is 2.91. The van der Waals surface area contributed by atoms with Gasteiger partial charge in [-0.15, -0.1) is 0 Å². The van der Waals surface area contributed by atoms with E-state index in [2.05, 4.69) is 15.6 Å². The van der Waals surface area contributed by atoms with E-state index in [9.17, 15) is 4.79 Å². The molecule has 0 unspecified atom stereocenters. The third-order valence-electron chi connectivity index (χ3n) is 4.48. The summed E-state index contributed by atoms with van der Waals surface area (Å²) in [5.41, 5.74) is 3.72. The fourth-order valence-corrected chi connectivity index (χ4v) is 3.52. The van der Waals surface area contributed by atoms with Crippen LogP contribution in [0.5, 0.6) is 5.75 Å². The molecule has 0 radical (unpaired) electrons. The first-order chi connectivity index (χ1) is 11.2. The van der Waals surface area contributed by atoms with Crippen LogP contribution in [0.3, 0.4) is 0 Å². The number of rotatable bonds is 3. The SMILES string of the molecule is CCOC(=O)c1ncc2c3cc(OC)ccc3n3c2c1CCC3. The Bertz CT molecular complexity index is 927. The first-order valence-electron chi connectivity index (χ1n) is 7.89.